The summed E-state index contributed by atoms with van der Waals surface area (Å²) in [7, 11) is 1.74. The fraction of sp³-hybridized carbons (Fsp3) is 0.150. The highest BCUT2D eigenvalue weighted by Crippen LogP contribution is 2.25. The lowest BCUT2D eigenvalue weighted by Crippen LogP contribution is -2.37. The highest BCUT2D eigenvalue weighted by Gasteiger charge is 2.29. The summed E-state index contributed by atoms with van der Waals surface area (Å²) in [4.78, 5) is 37.4. The van der Waals surface area contributed by atoms with Crippen LogP contribution in [0.3, 0.4) is 0 Å². The molecule has 7 nitrogen and oxygen atoms in total. The average molecular weight is 363 g/mol. The van der Waals surface area contributed by atoms with E-state index in [9.17, 15) is 14.4 Å². The van der Waals surface area contributed by atoms with Crippen molar-refractivity contribution in [3.63, 3.8) is 0 Å². The molecule has 27 heavy (non-hydrogen) atoms. The zero-order valence-electron chi connectivity index (χ0n) is 14.9. The van der Waals surface area contributed by atoms with Crippen molar-refractivity contribution in [2.24, 2.45) is 7.05 Å². The molecule has 136 valence electrons. The molecule has 2 aromatic carbocycles. The molecule has 0 unspecified atom stereocenters. The van der Waals surface area contributed by atoms with E-state index in [1.807, 2.05) is 30.3 Å². The lowest BCUT2D eigenvalue weighted by Gasteiger charge is -2.11. The van der Waals surface area contributed by atoms with Crippen molar-refractivity contribution in [2.45, 2.75) is 13.5 Å². The van der Waals surface area contributed by atoms with Crippen LogP contribution in [0.15, 0.2) is 67.5 Å². The van der Waals surface area contributed by atoms with Crippen molar-refractivity contribution < 1.29 is 4.42 Å². The quantitative estimate of drug-likeness (QED) is 0.548. The number of nitrogens with zero attached hydrogens (tertiary/aromatic N) is 2. The third kappa shape index (κ3) is 2.55. The minimum absolute atomic E-state index is 0.138. The van der Waals surface area contributed by atoms with Crippen LogP contribution in [0.1, 0.15) is 11.5 Å². The van der Waals surface area contributed by atoms with Gasteiger partial charge in [-0.05, 0) is 31.2 Å². The number of rotatable bonds is 5. The lowest BCUT2D eigenvalue weighted by atomic mass is 9.99. The molecule has 2 aromatic heterocycles. The van der Waals surface area contributed by atoms with Gasteiger partial charge in [0.2, 0.25) is 10.9 Å². The molecular formula is C20H17N3O4. The van der Waals surface area contributed by atoms with E-state index in [1.165, 1.54) is 10.9 Å². The van der Waals surface area contributed by atoms with Gasteiger partial charge in [-0.1, -0.05) is 18.2 Å². The van der Waals surface area contributed by atoms with Crippen molar-refractivity contribution in [3.05, 3.63) is 91.0 Å². The second-order valence-corrected chi connectivity index (χ2v) is 6.28. The highest BCUT2D eigenvalue weighted by molar-refractivity contribution is 5.83. The van der Waals surface area contributed by atoms with Gasteiger partial charge in [0.15, 0.2) is 0 Å². The van der Waals surface area contributed by atoms with Gasteiger partial charge in [-0.2, -0.15) is 0 Å². The van der Waals surface area contributed by atoms with Crippen LogP contribution in [0, 0.1) is 6.92 Å². The number of aromatic nitrogens is 2. The predicted molar refractivity (Wildman–Crippen MR) is 102 cm³/mol. The Morgan fingerprint density at radius 1 is 0.963 bits per heavy atom. The van der Waals surface area contributed by atoms with E-state index in [-0.39, 0.29) is 28.9 Å². The summed E-state index contributed by atoms with van der Waals surface area (Å²) >= 11 is 0. The van der Waals surface area contributed by atoms with Crippen LogP contribution in [0.4, 0.5) is 5.69 Å². The second kappa shape index (κ2) is 6.28. The molecule has 0 aliphatic carbocycles. The first-order valence-electron chi connectivity index (χ1n) is 8.44. The van der Waals surface area contributed by atoms with Crippen LogP contribution in [-0.2, 0) is 13.6 Å². The first-order chi connectivity index (χ1) is 13.0. The molecule has 0 fully saturated rings. The van der Waals surface area contributed by atoms with E-state index >= 15 is 0 Å². The molecule has 0 spiro atoms. The predicted octanol–water partition coefficient (Wildman–Crippen LogP) is 1.95. The lowest BCUT2D eigenvalue weighted by molar-refractivity contribution is 0.518. The molecule has 0 amide bonds. The topological polar surface area (TPSA) is 86.2 Å². The summed E-state index contributed by atoms with van der Waals surface area (Å²) in [5, 5.41) is 2.93. The van der Waals surface area contributed by atoms with Crippen LogP contribution in [-0.4, -0.2) is 9.36 Å². The summed E-state index contributed by atoms with van der Waals surface area (Å²) in [6.45, 7) is 2.01. The summed E-state index contributed by atoms with van der Waals surface area (Å²) in [6.07, 6.45) is 1.53. The standard InChI is InChI=1S/C20H17N3O4/c1-12-15(20(26)23(22(12)2)13-7-4-3-5-8-13)16-17(19(25)18(16)24)21-11-14-9-6-10-27-14/h3-10,21H,11H2,1-2H3. The summed E-state index contributed by atoms with van der Waals surface area (Å²) < 4.78 is 8.40. The van der Waals surface area contributed by atoms with Gasteiger partial charge in [-0.25, -0.2) is 4.68 Å². The minimum atomic E-state index is -0.650. The van der Waals surface area contributed by atoms with Crippen molar-refractivity contribution in [2.75, 3.05) is 5.32 Å². The molecule has 0 bridgehead atoms. The Balaban J connectivity index is 1.82. The van der Waals surface area contributed by atoms with Crippen LogP contribution < -0.4 is 21.7 Å². The fourth-order valence-corrected chi connectivity index (χ4v) is 3.24. The maximum absolute atomic E-state index is 13.1. The van der Waals surface area contributed by atoms with Gasteiger partial charge in [0.05, 0.1) is 35.3 Å². The zero-order chi connectivity index (χ0) is 19.1. The van der Waals surface area contributed by atoms with Crippen molar-refractivity contribution >= 4 is 5.69 Å². The number of hydrogen-bond donors (Lipinski definition) is 1. The van der Waals surface area contributed by atoms with Crippen LogP contribution >= 0.6 is 0 Å². The smallest absolute Gasteiger partial charge is 0.279 e. The Morgan fingerprint density at radius 2 is 1.70 bits per heavy atom. The van der Waals surface area contributed by atoms with Crippen molar-refractivity contribution in [1.82, 2.24) is 9.36 Å². The molecule has 7 heteroatoms. The largest absolute Gasteiger partial charge is 0.467 e. The van der Waals surface area contributed by atoms with Gasteiger partial charge in [-0.3, -0.25) is 19.1 Å². The summed E-state index contributed by atoms with van der Waals surface area (Å²) in [5.41, 5.74) is 0.220. The molecule has 0 aliphatic rings. The number of hydrogen-bond acceptors (Lipinski definition) is 5. The third-order valence-corrected chi connectivity index (χ3v) is 4.73. The fourth-order valence-electron chi connectivity index (χ4n) is 3.24. The SMILES string of the molecule is Cc1c(-c2c(NCc3ccco3)c(=O)c2=O)c(=O)n(-c2ccccc2)n1C. The molecule has 1 N–H and O–H groups in total. The summed E-state index contributed by atoms with van der Waals surface area (Å²) in [5.74, 6) is 0.625. The molecule has 0 aliphatic heterocycles. The van der Waals surface area contributed by atoms with E-state index in [4.69, 9.17) is 4.42 Å². The Morgan fingerprint density at radius 3 is 2.37 bits per heavy atom. The van der Waals surface area contributed by atoms with Gasteiger partial charge >= 0.3 is 0 Å². The number of nitrogens with one attached hydrogen (secondary N) is 1. The van der Waals surface area contributed by atoms with E-state index in [1.54, 1.807) is 30.8 Å². The van der Waals surface area contributed by atoms with Gasteiger partial charge in [0.25, 0.3) is 5.56 Å². The molecule has 0 saturated heterocycles. The molecular weight excluding hydrogens is 346 g/mol. The molecule has 2 heterocycles. The van der Waals surface area contributed by atoms with E-state index < -0.39 is 10.9 Å². The monoisotopic (exact) mass is 363 g/mol. The van der Waals surface area contributed by atoms with E-state index in [0.29, 0.717) is 17.1 Å². The first kappa shape index (κ1) is 16.8. The first-order valence-corrected chi connectivity index (χ1v) is 8.44. The Kier molecular flexibility index (Phi) is 3.92. The molecule has 0 atom stereocenters. The number of benzene rings is 1. The Labute approximate surface area is 153 Å². The molecule has 4 aromatic rings. The normalized spacial score (nSPS) is 11.2. The van der Waals surface area contributed by atoms with Crippen LogP contribution in [0.25, 0.3) is 16.8 Å². The van der Waals surface area contributed by atoms with E-state index in [0.717, 1.165) is 0 Å². The highest BCUT2D eigenvalue weighted by atomic mass is 16.3. The molecule has 4 rings (SSSR count). The van der Waals surface area contributed by atoms with Crippen molar-refractivity contribution in [1.29, 1.82) is 0 Å². The average Bonchev–Trinajstić information content (AvgIpc) is 3.27. The summed E-state index contributed by atoms with van der Waals surface area (Å²) in [6, 6.07) is 12.6. The third-order valence-electron chi connectivity index (χ3n) is 4.73. The van der Waals surface area contributed by atoms with Crippen molar-refractivity contribution in [3.8, 4) is 16.8 Å². The van der Waals surface area contributed by atoms with Gasteiger partial charge < -0.3 is 9.73 Å². The van der Waals surface area contributed by atoms with Gasteiger partial charge in [0, 0.05) is 12.7 Å². The van der Waals surface area contributed by atoms with Crippen LogP contribution in [0.2, 0.25) is 0 Å². The zero-order valence-corrected chi connectivity index (χ0v) is 14.9. The second-order valence-electron chi connectivity index (χ2n) is 6.28. The minimum Gasteiger partial charge on any atom is -0.467 e. The Hall–Kier alpha value is -3.61. The molecule has 0 saturated carbocycles. The van der Waals surface area contributed by atoms with E-state index in [2.05, 4.69) is 5.32 Å². The maximum Gasteiger partial charge on any atom is 0.279 e. The van der Waals surface area contributed by atoms with Gasteiger partial charge in [-0.15, -0.1) is 0 Å². The van der Waals surface area contributed by atoms with Gasteiger partial charge in [0.1, 0.15) is 5.76 Å². The Bertz CT molecular complexity index is 1240. The van der Waals surface area contributed by atoms with Crippen LogP contribution in [0.5, 0.6) is 0 Å². The number of anilines is 1. The number of para-hydroxylation sites is 1. The maximum atomic E-state index is 13.1. The number of furan rings is 1. The molecule has 0 radical (unpaired) electrons.